The number of hydrazine groups is 1. The van der Waals surface area contributed by atoms with Gasteiger partial charge in [-0.25, -0.2) is 4.39 Å². The second-order valence-corrected chi connectivity index (χ2v) is 4.66. The fourth-order valence-electron chi connectivity index (χ4n) is 1.79. The average molecular weight is 294 g/mol. The van der Waals surface area contributed by atoms with Gasteiger partial charge in [-0.1, -0.05) is 11.6 Å². The zero-order valence-corrected chi connectivity index (χ0v) is 11.5. The van der Waals surface area contributed by atoms with Gasteiger partial charge in [0.25, 0.3) is 5.91 Å². The minimum atomic E-state index is -0.456. The highest BCUT2D eigenvalue weighted by molar-refractivity contribution is 6.33. The van der Waals surface area contributed by atoms with Crippen molar-refractivity contribution in [3.05, 3.63) is 58.4 Å². The van der Waals surface area contributed by atoms with Crippen LogP contribution in [0, 0.1) is 12.7 Å². The maximum absolute atomic E-state index is 12.9. The van der Waals surface area contributed by atoms with Gasteiger partial charge in [0.05, 0.1) is 10.7 Å². The molecule has 1 amide bonds. The largest absolute Gasteiger partial charge is 0.324 e. The summed E-state index contributed by atoms with van der Waals surface area (Å²) in [6.45, 7) is 1.79. The highest BCUT2D eigenvalue weighted by Gasteiger charge is 2.11. The molecule has 0 aliphatic rings. The molecular formula is C14H13ClFN3O. The standard InChI is InChI=1S/C14H13ClFN3O/c1-8-6-10(19-17)3-4-11(8)14(20)18-13-5-2-9(16)7-12(13)15/h2-7,19H,17H2,1H3,(H,18,20). The molecule has 4 N–H and O–H groups in total. The molecule has 0 atom stereocenters. The molecule has 0 bridgehead atoms. The van der Waals surface area contributed by atoms with Crippen LogP contribution in [0.25, 0.3) is 0 Å². The Morgan fingerprint density at radius 2 is 2.00 bits per heavy atom. The van der Waals surface area contributed by atoms with E-state index in [1.807, 2.05) is 0 Å². The Balaban J connectivity index is 2.24. The molecule has 4 nitrogen and oxygen atoms in total. The Hall–Kier alpha value is -2.11. The molecule has 0 heterocycles. The van der Waals surface area contributed by atoms with Gasteiger partial charge >= 0.3 is 0 Å². The van der Waals surface area contributed by atoms with E-state index in [2.05, 4.69) is 10.7 Å². The first-order valence-corrected chi connectivity index (χ1v) is 6.22. The fraction of sp³-hybridized carbons (Fsp3) is 0.0714. The molecule has 2 rings (SSSR count). The molecule has 0 saturated carbocycles. The van der Waals surface area contributed by atoms with Crippen LogP contribution in [0.5, 0.6) is 0 Å². The van der Waals surface area contributed by atoms with E-state index in [0.29, 0.717) is 16.9 Å². The van der Waals surface area contributed by atoms with Gasteiger partial charge in [-0.3, -0.25) is 10.6 Å². The molecule has 0 aromatic heterocycles. The summed E-state index contributed by atoms with van der Waals surface area (Å²) in [5, 5.41) is 2.79. The Labute approximate surface area is 120 Å². The molecule has 0 aliphatic carbocycles. The van der Waals surface area contributed by atoms with Gasteiger partial charge in [-0.15, -0.1) is 0 Å². The Morgan fingerprint density at radius 1 is 1.25 bits per heavy atom. The Kier molecular flexibility index (Phi) is 4.22. The van der Waals surface area contributed by atoms with E-state index in [1.165, 1.54) is 12.1 Å². The van der Waals surface area contributed by atoms with E-state index >= 15 is 0 Å². The average Bonchev–Trinajstić information content (AvgIpc) is 2.41. The fourth-order valence-corrected chi connectivity index (χ4v) is 2.00. The van der Waals surface area contributed by atoms with Gasteiger partial charge in [-0.05, 0) is 48.9 Å². The molecule has 6 heteroatoms. The number of hydrogen-bond acceptors (Lipinski definition) is 3. The van der Waals surface area contributed by atoms with Crippen molar-refractivity contribution >= 4 is 28.9 Å². The normalized spacial score (nSPS) is 10.2. The summed E-state index contributed by atoms with van der Waals surface area (Å²) < 4.78 is 12.9. The van der Waals surface area contributed by atoms with E-state index < -0.39 is 5.82 Å². The molecule has 2 aromatic rings. The molecule has 0 spiro atoms. The third-order valence-electron chi connectivity index (χ3n) is 2.82. The van der Waals surface area contributed by atoms with Gasteiger partial charge in [0, 0.05) is 11.3 Å². The number of amides is 1. The first-order valence-electron chi connectivity index (χ1n) is 5.85. The number of halogens is 2. The van der Waals surface area contributed by atoms with Crippen LogP contribution in [0.2, 0.25) is 5.02 Å². The molecule has 0 aliphatic heterocycles. The zero-order chi connectivity index (χ0) is 14.7. The number of nitrogens with two attached hydrogens (primary N) is 1. The third kappa shape index (κ3) is 3.07. The molecule has 20 heavy (non-hydrogen) atoms. The van der Waals surface area contributed by atoms with Crippen LogP contribution in [-0.2, 0) is 0 Å². The van der Waals surface area contributed by atoms with E-state index in [4.69, 9.17) is 17.4 Å². The number of hydrogen-bond donors (Lipinski definition) is 3. The summed E-state index contributed by atoms with van der Waals surface area (Å²) in [5.74, 6) is 4.52. The Bertz CT molecular complexity index is 661. The predicted octanol–water partition coefficient (Wildman–Crippen LogP) is 3.33. The number of carbonyl (C=O) groups excluding carboxylic acids is 1. The lowest BCUT2D eigenvalue weighted by Gasteiger charge is -2.10. The molecule has 0 fully saturated rings. The molecule has 0 unspecified atom stereocenters. The molecule has 0 radical (unpaired) electrons. The van der Waals surface area contributed by atoms with Crippen molar-refractivity contribution in [2.45, 2.75) is 6.92 Å². The van der Waals surface area contributed by atoms with Gasteiger partial charge in [0.1, 0.15) is 5.82 Å². The van der Waals surface area contributed by atoms with E-state index in [0.717, 1.165) is 11.6 Å². The van der Waals surface area contributed by atoms with Crippen molar-refractivity contribution in [1.82, 2.24) is 0 Å². The summed E-state index contributed by atoms with van der Waals surface area (Å²) in [4.78, 5) is 12.2. The van der Waals surface area contributed by atoms with Gasteiger partial charge in [0.15, 0.2) is 0 Å². The van der Waals surface area contributed by atoms with Gasteiger partial charge in [0.2, 0.25) is 0 Å². The number of anilines is 2. The van der Waals surface area contributed by atoms with Crippen LogP contribution >= 0.6 is 11.6 Å². The van der Waals surface area contributed by atoms with Crippen molar-refractivity contribution in [1.29, 1.82) is 0 Å². The quantitative estimate of drug-likeness (QED) is 0.601. The topological polar surface area (TPSA) is 67.1 Å². The van der Waals surface area contributed by atoms with Crippen LogP contribution in [0.4, 0.5) is 15.8 Å². The third-order valence-corrected chi connectivity index (χ3v) is 3.13. The SMILES string of the molecule is Cc1cc(NN)ccc1C(=O)Nc1ccc(F)cc1Cl. The molecular weight excluding hydrogens is 281 g/mol. The van der Waals surface area contributed by atoms with Crippen molar-refractivity contribution in [2.75, 3.05) is 10.7 Å². The Morgan fingerprint density at radius 3 is 2.60 bits per heavy atom. The monoisotopic (exact) mass is 293 g/mol. The maximum Gasteiger partial charge on any atom is 0.255 e. The molecule has 104 valence electrons. The predicted molar refractivity (Wildman–Crippen MR) is 78.4 cm³/mol. The van der Waals surface area contributed by atoms with Crippen molar-refractivity contribution in [3.63, 3.8) is 0 Å². The van der Waals surface area contributed by atoms with Crippen molar-refractivity contribution < 1.29 is 9.18 Å². The van der Waals surface area contributed by atoms with Gasteiger partial charge < -0.3 is 10.7 Å². The number of nitrogen functional groups attached to an aromatic ring is 1. The van der Waals surface area contributed by atoms with E-state index in [1.54, 1.807) is 25.1 Å². The van der Waals surface area contributed by atoms with Crippen molar-refractivity contribution in [2.24, 2.45) is 5.84 Å². The first-order chi connectivity index (χ1) is 9.51. The molecule has 0 saturated heterocycles. The number of aryl methyl sites for hydroxylation is 1. The lowest BCUT2D eigenvalue weighted by Crippen LogP contribution is -2.14. The van der Waals surface area contributed by atoms with Crippen LogP contribution in [0.1, 0.15) is 15.9 Å². The highest BCUT2D eigenvalue weighted by atomic mass is 35.5. The van der Waals surface area contributed by atoms with Crippen LogP contribution < -0.4 is 16.6 Å². The number of rotatable bonds is 3. The lowest BCUT2D eigenvalue weighted by atomic mass is 10.1. The minimum absolute atomic E-state index is 0.149. The highest BCUT2D eigenvalue weighted by Crippen LogP contribution is 2.24. The zero-order valence-electron chi connectivity index (χ0n) is 10.7. The summed E-state index contributed by atoms with van der Waals surface area (Å²) in [5.41, 5.74) is 4.82. The maximum atomic E-state index is 12.9. The number of nitrogens with one attached hydrogen (secondary N) is 2. The van der Waals surface area contributed by atoms with Crippen LogP contribution in [0.3, 0.4) is 0 Å². The second-order valence-electron chi connectivity index (χ2n) is 4.25. The molecule has 2 aromatic carbocycles. The van der Waals surface area contributed by atoms with Crippen LogP contribution in [0.15, 0.2) is 36.4 Å². The first kappa shape index (κ1) is 14.3. The van der Waals surface area contributed by atoms with Gasteiger partial charge in [-0.2, -0.15) is 0 Å². The summed E-state index contributed by atoms with van der Waals surface area (Å²) >= 11 is 5.87. The summed E-state index contributed by atoms with van der Waals surface area (Å²) in [6, 6.07) is 8.88. The number of benzene rings is 2. The lowest BCUT2D eigenvalue weighted by molar-refractivity contribution is 0.102. The van der Waals surface area contributed by atoms with E-state index in [-0.39, 0.29) is 10.9 Å². The summed E-state index contributed by atoms with van der Waals surface area (Å²) in [6.07, 6.45) is 0. The smallest absolute Gasteiger partial charge is 0.255 e. The van der Waals surface area contributed by atoms with Crippen molar-refractivity contribution in [3.8, 4) is 0 Å². The summed E-state index contributed by atoms with van der Waals surface area (Å²) in [7, 11) is 0. The van der Waals surface area contributed by atoms with Crippen LogP contribution in [-0.4, -0.2) is 5.91 Å². The van der Waals surface area contributed by atoms with E-state index in [9.17, 15) is 9.18 Å². The minimum Gasteiger partial charge on any atom is -0.324 e. The number of carbonyl (C=O) groups is 1. The second kappa shape index (κ2) is 5.90.